The van der Waals surface area contributed by atoms with Crippen molar-refractivity contribution in [3.63, 3.8) is 0 Å². The summed E-state index contributed by atoms with van der Waals surface area (Å²) in [5, 5.41) is 0.350. The van der Waals surface area contributed by atoms with Gasteiger partial charge < -0.3 is 4.74 Å². The molecule has 0 saturated heterocycles. The maximum atomic E-state index is 10.9. The first kappa shape index (κ1) is 11.4. The molecule has 1 fully saturated rings. The Kier molecular flexibility index (Phi) is 3.78. The van der Waals surface area contributed by atoms with Gasteiger partial charge in [-0.2, -0.15) is 0 Å². The molecule has 4 heteroatoms. The molecule has 0 unspecified atom stereocenters. The van der Waals surface area contributed by atoms with Gasteiger partial charge in [0.15, 0.2) is 6.29 Å². The van der Waals surface area contributed by atoms with E-state index in [2.05, 4.69) is 4.98 Å². The van der Waals surface area contributed by atoms with Crippen molar-refractivity contribution in [2.45, 2.75) is 38.2 Å². The van der Waals surface area contributed by atoms with E-state index >= 15 is 0 Å². The summed E-state index contributed by atoms with van der Waals surface area (Å²) in [6.45, 7) is 0. The van der Waals surface area contributed by atoms with Crippen LogP contribution in [0.5, 0.6) is 5.75 Å². The van der Waals surface area contributed by atoms with Gasteiger partial charge in [0.1, 0.15) is 5.75 Å². The van der Waals surface area contributed by atoms with Crippen LogP contribution in [-0.4, -0.2) is 17.4 Å². The van der Waals surface area contributed by atoms with E-state index < -0.39 is 0 Å². The molecule has 0 aromatic carbocycles. The van der Waals surface area contributed by atoms with Gasteiger partial charge in [-0.15, -0.1) is 0 Å². The van der Waals surface area contributed by atoms with Crippen molar-refractivity contribution in [2.75, 3.05) is 0 Å². The number of nitrogens with zero attached hydrogens (tertiary/aromatic N) is 1. The van der Waals surface area contributed by atoms with Crippen molar-refractivity contribution < 1.29 is 9.53 Å². The third kappa shape index (κ3) is 2.53. The first-order chi connectivity index (χ1) is 7.81. The van der Waals surface area contributed by atoms with E-state index in [4.69, 9.17) is 16.3 Å². The number of aldehydes is 1. The van der Waals surface area contributed by atoms with Crippen LogP contribution in [0.25, 0.3) is 0 Å². The number of aromatic nitrogens is 1. The van der Waals surface area contributed by atoms with Crippen molar-refractivity contribution in [2.24, 2.45) is 0 Å². The Labute approximate surface area is 99.8 Å². The fourth-order valence-electron chi connectivity index (χ4n) is 2.00. The maximum absolute atomic E-state index is 10.9. The van der Waals surface area contributed by atoms with E-state index in [0.29, 0.717) is 16.3 Å². The zero-order valence-electron chi connectivity index (χ0n) is 8.99. The lowest BCUT2D eigenvalue weighted by Crippen LogP contribution is -2.20. The van der Waals surface area contributed by atoms with Crippen molar-refractivity contribution in [3.8, 4) is 5.75 Å². The lowest BCUT2D eigenvalue weighted by atomic mass is 9.98. The second-order valence-electron chi connectivity index (χ2n) is 4.03. The molecule has 0 atom stereocenters. The molecular weight excluding hydrogens is 226 g/mol. The monoisotopic (exact) mass is 239 g/mol. The number of halogens is 1. The minimum Gasteiger partial charge on any atom is -0.488 e. The SMILES string of the molecule is O=Cc1c(Cl)cncc1OC1CCCCC1. The number of ether oxygens (including phenoxy) is 1. The van der Waals surface area contributed by atoms with Crippen LogP contribution >= 0.6 is 11.6 Å². The molecule has 1 aliphatic rings. The first-order valence-corrected chi connectivity index (χ1v) is 5.94. The summed E-state index contributed by atoms with van der Waals surface area (Å²) in [5.41, 5.74) is 0.405. The van der Waals surface area contributed by atoms with Crippen molar-refractivity contribution in [3.05, 3.63) is 23.0 Å². The van der Waals surface area contributed by atoms with Crippen molar-refractivity contribution in [1.29, 1.82) is 0 Å². The highest BCUT2D eigenvalue weighted by Gasteiger charge is 2.17. The van der Waals surface area contributed by atoms with E-state index in [9.17, 15) is 4.79 Å². The Morgan fingerprint density at radius 2 is 2.06 bits per heavy atom. The molecule has 86 valence electrons. The first-order valence-electron chi connectivity index (χ1n) is 5.56. The standard InChI is InChI=1S/C12H14ClNO2/c13-11-6-14-7-12(10(11)8-15)16-9-4-2-1-3-5-9/h6-9H,1-5H2. The fraction of sp³-hybridized carbons (Fsp3) is 0.500. The summed E-state index contributed by atoms with van der Waals surface area (Å²) < 4.78 is 5.78. The third-order valence-electron chi connectivity index (χ3n) is 2.87. The molecule has 1 aromatic rings. The largest absolute Gasteiger partial charge is 0.488 e. The zero-order chi connectivity index (χ0) is 11.4. The molecule has 2 rings (SSSR count). The summed E-state index contributed by atoms with van der Waals surface area (Å²) in [6, 6.07) is 0. The van der Waals surface area contributed by atoms with E-state index in [1.165, 1.54) is 25.5 Å². The van der Waals surface area contributed by atoms with Gasteiger partial charge in [0.2, 0.25) is 0 Å². The van der Waals surface area contributed by atoms with Gasteiger partial charge in [0.05, 0.1) is 22.9 Å². The minimum atomic E-state index is 0.202. The van der Waals surface area contributed by atoms with Gasteiger partial charge in [-0.1, -0.05) is 18.0 Å². The van der Waals surface area contributed by atoms with Crippen LogP contribution in [0.4, 0.5) is 0 Å². The lowest BCUT2D eigenvalue weighted by Gasteiger charge is -2.23. The Morgan fingerprint density at radius 3 is 2.75 bits per heavy atom. The fourth-order valence-corrected chi connectivity index (χ4v) is 2.19. The minimum absolute atomic E-state index is 0.202. The number of carbonyl (C=O) groups excluding carboxylic acids is 1. The molecule has 1 saturated carbocycles. The van der Waals surface area contributed by atoms with Crippen LogP contribution in [0.15, 0.2) is 12.4 Å². The topological polar surface area (TPSA) is 39.2 Å². The van der Waals surface area contributed by atoms with Gasteiger partial charge >= 0.3 is 0 Å². The van der Waals surface area contributed by atoms with E-state index in [1.807, 2.05) is 0 Å². The van der Waals surface area contributed by atoms with E-state index in [-0.39, 0.29) is 6.10 Å². The third-order valence-corrected chi connectivity index (χ3v) is 3.17. The molecule has 0 radical (unpaired) electrons. The Bertz CT molecular complexity index is 375. The van der Waals surface area contributed by atoms with Crippen LogP contribution in [-0.2, 0) is 0 Å². The van der Waals surface area contributed by atoms with Gasteiger partial charge in [0, 0.05) is 6.20 Å². The summed E-state index contributed by atoms with van der Waals surface area (Å²) in [6.07, 6.45) is 9.69. The van der Waals surface area contributed by atoms with Crippen LogP contribution < -0.4 is 4.74 Å². The maximum Gasteiger partial charge on any atom is 0.155 e. The predicted molar refractivity (Wildman–Crippen MR) is 62.1 cm³/mol. The van der Waals surface area contributed by atoms with E-state index in [1.54, 1.807) is 6.20 Å². The summed E-state index contributed by atoms with van der Waals surface area (Å²) in [5.74, 6) is 0.509. The molecule has 0 N–H and O–H groups in total. The molecule has 0 aliphatic heterocycles. The van der Waals surface area contributed by atoms with Crippen molar-refractivity contribution in [1.82, 2.24) is 4.98 Å². The molecule has 0 amide bonds. The second kappa shape index (κ2) is 5.30. The Morgan fingerprint density at radius 1 is 1.31 bits per heavy atom. The Balaban J connectivity index is 2.13. The number of hydrogen-bond donors (Lipinski definition) is 0. The summed E-state index contributed by atoms with van der Waals surface area (Å²) in [7, 11) is 0. The highest BCUT2D eigenvalue weighted by molar-refractivity contribution is 6.33. The van der Waals surface area contributed by atoms with Crippen LogP contribution in [0, 0.1) is 0 Å². The summed E-state index contributed by atoms with van der Waals surface area (Å²) in [4.78, 5) is 14.8. The second-order valence-corrected chi connectivity index (χ2v) is 4.44. The normalized spacial score (nSPS) is 17.1. The highest BCUT2D eigenvalue weighted by Crippen LogP contribution is 2.27. The smallest absolute Gasteiger partial charge is 0.155 e. The number of pyridine rings is 1. The van der Waals surface area contributed by atoms with Crippen LogP contribution in [0.1, 0.15) is 42.5 Å². The lowest BCUT2D eigenvalue weighted by molar-refractivity contribution is 0.111. The molecule has 0 bridgehead atoms. The Hall–Kier alpha value is -1.09. The number of carbonyl (C=O) groups is 1. The van der Waals surface area contributed by atoms with Crippen molar-refractivity contribution >= 4 is 17.9 Å². The summed E-state index contributed by atoms with van der Waals surface area (Å²) >= 11 is 5.87. The zero-order valence-corrected chi connectivity index (χ0v) is 9.74. The van der Waals surface area contributed by atoms with Gasteiger partial charge in [-0.3, -0.25) is 9.78 Å². The molecule has 1 aromatic heterocycles. The highest BCUT2D eigenvalue weighted by atomic mass is 35.5. The van der Waals surface area contributed by atoms with Gasteiger partial charge in [-0.25, -0.2) is 0 Å². The van der Waals surface area contributed by atoms with Crippen LogP contribution in [0.3, 0.4) is 0 Å². The van der Waals surface area contributed by atoms with Crippen LogP contribution in [0.2, 0.25) is 5.02 Å². The average Bonchev–Trinajstić information content (AvgIpc) is 2.31. The van der Waals surface area contributed by atoms with E-state index in [0.717, 1.165) is 19.1 Å². The quantitative estimate of drug-likeness (QED) is 0.760. The molecule has 3 nitrogen and oxygen atoms in total. The molecule has 16 heavy (non-hydrogen) atoms. The molecule has 1 aliphatic carbocycles. The predicted octanol–water partition coefficient (Wildman–Crippen LogP) is 3.26. The molecule has 0 spiro atoms. The number of hydrogen-bond acceptors (Lipinski definition) is 3. The van der Waals surface area contributed by atoms with Gasteiger partial charge in [0.25, 0.3) is 0 Å². The molecular formula is C12H14ClNO2. The molecule has 1 heterocycles. The number of rotatable bonds is 3. The van der Waals surface area contributed by atoms with Gasteiger partial charge in [-0.05, 0) is 25.7 Å². The average molecular weight is 240 g/mol.